The number of unbranched alkanes of at least 4 members (excludes halogenated alkanes) is 37. The lowest BCUT2D eigenvalue weighted by molar-refractivity contribution is -0.137. The maximum Gasteiger partial charge on any atom is 0.303 e. The summed E-state index contributed by atoms with van der Waals surface area (Å²) in [5.74, 6) is -0.647. The van der Waals surface area contributed by atoms with Crippen molar-refractivity contribution >= 4 is 5.97 Å². The zero-order valence-corrected chi connectivity index (χ0v) is 31.8. The maximum absolute atomic E-state index is 10.5. The summed E-state index contributed by atoms with van der Waals surface area (Å²) in [7, 11) is 0. The Balaban J connectivity index is 3.08. The lowest BCUT2D eigenvalue weighted by atomic mass is 10.0. The van der Waals surface area contributed by atoms with Crippen molar-refractivity contribution in [1.82, 2.24) is 0 Å². The first-order valence-electron chi connectivity index (χ1n) is 21.6. The summed E-state index contributed by atoms with van der Waals surface area (Å²) in [6, 6.07) is 0. The van der Waals surface area contributed by atoms with Gasteiger partial charge < -0.3 is 5.11 Å². The first kappa shape index (κ1) is 45.2. The minimum Gasteiger partial charge on any atom is -0.481 e. The Morgan fingerprint density at radius 2 is 0.522 bits per heavy atom. The molecule has 46 heavy (non-hydrogen) atoms. The van der Waals surface area contributed by atoms with Crippen LogP contribution in [0.3, 0.4) is 0 Å². The van der Waals surface area contributed by atoms with E-state index in [0.717, 1.165) is 12.8 Å². The van der Waals surface area contributed by atoms with Crippen LogP contribution in [0.2, 0.25) is 0 Å². The molecule has 0 heterocycles. The zero-order chi connectivity index (χ0) is 33.3. The van der Waals surface area contributed by atoms with Crippen LogP contribution in [-0.4, -0.2) is 11.1 Å². The third-order valence-corrected chi connectivity index (χ3v) is 10.2. The largest absolute Gasteiger partial charge is 0.481 e. The summed E-state index contributed by atoms with van der Waals surface area (Å²) in [6.07, 6.45) is 59.9. The topological polar surface area (TPSA) is 37.3 Å². The van der Waals surface area contributed by atoms with E-state index in [1.165, 1.54) is 238 Å². The van der Waals surface area contributed by atoms with Gasteiger partial charge in [-0.2, -0.15) is 0 Å². The summed E-state index contributed by atoms with van der Waals surface area (Å²) in [5, 5.41) is 8.65. The van der Waals surface area contributed by atoms with Crippen LogP contribution in [-0.2, 0) is 4.79 Å². The van der Waals surface area contributed by atoms with Crippen molar-refractivity contribution < 1.29 is 9.90 Å². The summed E-state index contributed by atoms with van der Waals surface area (Å²) < 4.78 is 0. The second kappa shape index (κ2) is 42.2. The molecule has 0 aromatic carbocycles. The van der Waals surface area contributed by atoms with Crippen LogP contribution in [0.15, 0.2) is 12.2 Å². The molecule has 0 aliphatic carbocycles. The SMILES string of the molecule is CCCCCCCCCC/C=C\CCCCCCCCCCCCCCCCCCCCCCCCCCCCCCCC(=O)O. The molecule has 0 amide bonds. The third kappa shape index (κ3) is 43.2. The Bertz CT molecular complexity index is 582. The van der Waals surface area contributed by atoms with Gasteiger partial charge in [-0.3, -0.25) is 4.79 Å². The highest BCUT2D eigenvalue weighted by Gasteiger charge is 1.98. The Morgan fingerprint density at radius 3 is 0.739 bits per heavy atom. The van der Waals surface area contributed by atoms with E-state index >= 15 is 0 Å². The summed E-state index contributed by atoms with van der Waals surface area (Å²) >= 11 is 0. The fourth-order valence-electron chi connectivity index (χ4n) is 6.94. The Morgan fingerprint density at radius 1 is 0.326 bits per heavy atom. The number of allylic oxidation sites excluding steroid dienone is 2. The highest BCUT2D eigenvalue weighted by atomic mass is 16.4. The van der Waals surface area contributed by atoms with Gasteiger partial charge in [0.15, 0.2) is 0 Å². The molecule has 0 atom stereocenters. The fraction of sp³-hybridized carbons (Fsp3) is 0.932. The van der Waals surface area contributed by atoms with Gasteiger partial charge in [-0.25, -0.2) is 0 Å². The summed E-state index contributed by atoms with van der Waals surface area (Å²) in [5.41, 5.74) is 0. The van der Waals surface area contributed by atoms with Gasteiger partial charge >= 0.3 is 5.97 Å². The molecule has 2 heteroatoms. The molecule has 0 fully saturated rings. The normalized spacial score (nSPS) is 11.7. The fourth-order valence-corrected chi connectivity index (χ4v) is 6.94. The first-order chi connectivity index (χ1) is 22.8. The van der Waals surface area contributed by atoms with Crippen LogP contribution in [0.4, 0.5) is 0 Å². The van der Waals surface area contributed by atoms with Crippen molar-refractivity contribution in [1.29, 1.82) is 0 Å². The smallest absolute Gasteiger partial charge is 0.303 e. The predicted octanol–water partition coefficient (Wildman–Crippen LogP) is 16.3. The van der Waals surface area contributed by atoms with E-state index in [4.69, 9.17) is 5.11 Å². The lowest BCUT2D eigenvalue weighted by Crippen LogP contribution is -1.93. The van der Waals surface area contributed by atoms with E-state index < -0.39 is 5.97 Å². The molecule has 0 bridgehead atoms. The molecule has 0 spiro atoms. The number of carboxylic acid groups (broad SMARTS) is 1. The first-order valence-corrected chi connectivity index (χ1v) is 21.6. The molecular formula is C44H86O2. The Kier molecular flexibility index (Phi) is 41.5. The van der Waals surface area contributed by atoms with Crippen LogP contribution in [0.25, 0.3) is 0 Å². The van der Waals surface area contributed by atoms with E-state index in [0.29, 0.717) is 6.42 Å². The van der Waals surface area contributed by atoms with Gasteiger partial charge in [-0.1, -0.05) is 237 Å². The molecule has 0 aromatic heterocycles. The van der Waals surface area contributed by atoms with E-state index in [9.17, 15) is 4.79 Å². The second-order valence-corrected chi connectivity index (χ2v) is 14.9. The molecule has 0 aromatic rings. The Labute approximate surface area is 291 Å². The van der Waals surface area contributed by atoms with E-state index in [2.05, 4.69) is 19.1 Å². The van der Waals surface area contributed by atoms with Crippen molar-refractivity contribution in [3.8, 4) is 0 Å². The summed E-state index contributed by atoms with van der Waals surface area (Å²) in [4.78, 5) is 10.5. The number of hydrogen-bond donors (Lipinski definition) is 1. The maximum atomic E-state index is 10.5. The molecule has 0 saturated heterocycles. The molecule has 1 N–H and O–H groups in total. The average Bonchev–Trinajstić information content (AvgIpc) is 3.05. The molecule has 2 nitrogen and oxygen atoms in total. The van der Waals surface area contributed by atoms with Gasteiger partial charge in [-0.15, -0.1) is 0 Å². The second-order valence-electron chi connectivity index (χ2n) is 14.9. The van der Waals surface area contributed by atoms with Crippen molar-refractivity contribution in [3.63, 3.8) is 0 Å². The van der Waals surface area contributed by atoms with Gasteiger partial charge in [0, 0.05) is 6.42 Å². The molecule has 0 radical (unpaired) electrons. The highest BCUT2D eigenvalue weighted by molar-refractivity contribution is 5.66. The molecular weight excluding hydrogens is 560 g/mol. The van der Waals surface area contributed by atoms with Gasteiger partial charge in [0.25, 0.3) is 0 Å². The minimum atomic E-state index is -0.647. The minimum absolute atomic E-state index is 0.346. The number of carboxylic acids is 1. The lowest BCUT2D eigenvalue weighted by Gasteiger charge is -2.04. The van der Waals surface area contributed by atoms with Crippen molar-refractivity contribution in [2.24, 2.45) is 0 Å². The van der Waals surface area contributed by atoms with Crippen LogP contribution in [0.5, 0.6) is 0 Å². The zero-order valence-electron chi connectivity index (χ0n) is 31.8. The van der Waals surface area contributed by atoms with Crippen LogP contribution >= 0.6 is 0 Å². The number of carbonyl (C=O) groups is 1. The molecule has 0 saturated carbocycles. The monoisotopic (exact) mass is 647 g/mol. The van der Waals surface area contributed by atoms with Crippen LogP contribution in [0.1, 0.15) is 264 Å². The number of aliphatic carboxylic acids is 1. The van der Waals surface area contributed by atoms with E-state index in [1.54, 1.807) is 0 Å². The van der Waals surface area contributed by atoms with E-state index in [1.807, 2.05) is 0 Å². The standard InChI is InChI=1S/C44H86O2/c1-2-3-4-5-6-7-8-9-10-11-12-13-14-15-16-17-18-19-20-21-22-23-24-25-26-27-28-29-30-31-32-33-34-35-36-37-38-39-40-41-42-43-44(45)46/h11-12H,2-10,13-43H2,1H3,(H,45,46)/b12-11-. The van der Waals surface area contributed by atoms with Crippen molar-refractivity contribution in [3.05, 3.63) is 12.2 Å². The van der Waals surface area contributed by atoms with Crippen molar-refractivity contribution in [2.75, 3.05) is 0 Å². The predicted molar refractivity (Wildman–Crippen MR) is 207 cm³/mol. The molecule has 274 valence electrons. The molecule has 0 rings (SSSR count). The Hall–Kier alpha value is -0.790. The molecule has 0 aliphatic rings. The van der Waals surface area contributed by atoms with Crippen LogP contribution in [0, 0.1) is 0 Å². The molecule has 0 aliphatic heterocycles. The van der Waals surface area contributed by atoms with Gasteiger partial charge in [0.2, 0.25) is 0 Å². The highest BCUT2D eigenvalue weighted by Crippen LogP contribution is 2.17. The third-order valence-electron chi connectivity index (χ3n) is 10.2. The quantitative estimate of drug-likeness (QED) is 0.0530. The van der Waals surface area contributed by atoms with Crippen LogP contribution < -0.4 is 0 Å². The van der Waals surface area contributed by atoms with Gasteiger partial charge in [0.1, 0.15) is 0 Å². The average molecular weight is 647 g/mol. The van der Waals surface area contributed by atoms with Gasteiger partial charge in [-0.05, 0) is 32.1 Å². The van der Waals surface area contributed by atoms with Crippen molar-refractivity contribution in [2.45, 2.75) is 264 Å². The summed E-state index contributed by atoms with van der Waals surface area (Å²) in [6.45, 7) is 2.30. The molecule has 0 unspecified atom stereocenters. The number of hydrogen-bond acceptors (Lipinski definition) is 1. The number of rotatable bonds is 41. The van der Waals surface area contributed by atoms with Gasteiger partial charge in [0.05, 0.1) is 0 Å². The van der Waals surface area contributed by atoms with E-state index in [-0.39, 0.29) is 0 Å².